The third-order valence-electron chi connectivity index (χ3n) is 4.45. The van der Waals surface area contributed by atoms with Crippen LogP contribution >= 0.6 is 0 Å². The summed E-state index contributed by atoms with van der Waals surface area (Å²) in [6.45, 7) is 9.47. The molecule has 0 spiro atoms. The Labute approximate surface area is 101 Å². The number of rotatable bonds is 5. The average Bonchev–Trinajstić information content (AvgIpc) is 2.42. The van der Waals surface area contributed by atoms with Gasteiger partial charge >= 0.3 is 0 Å². The predicted molar refractivity (Wildman–Crippen MR) is 69.2 cm³/mol. The highest BCUT2D eigenvalue weighted by atomic mass is 16.3. The molecule has 2 unspecified atom stereocenters. The molecule has 0 amide bonds. The minimum Gasteiger partial charge on any atom is -0.392 e. The molecule has 0 radical (unpaired) electrons. The maximum Gasteiger partial charge on any atom is 0.0659 e. The highest BCUT2D eigenvalue weighted by Gasteiger charge is 2.50. The van der Waals surface area contributed by atoms with Crippen LogP contribution in [0.1, 0.15) is 59.8 Å². The molecular formula is C14H29NO. The lowest BCUT2D eigenvalue weighted by atomic mass is 9.74. The summed E-state index contributed by atoms with van der Waals surface area (Å²) in [7, 11) is 0. The lowest BCUT2D eigenvalue weighted by Crippen LogP contribution is -2.42. The summed E-state index contributed by atoms with van der Waals surface area (Å²) in [4.78, 5) is 0. The Hall–Kier alpha value is -0.0800. The van der Waals surface area contributed by atoms with E-state index in [1.54, 1.807) is 0 Å². The zero-order chi connectivity index (χ0) is 12.4. The maximum atomic E-state index is 10.5. The highest BCUT2D eigenvalue weighted by Crippen LogP contribution is 2.51. The molecule has 0 aromatic rings. The number of nitrogens with two attached hydrogens (primary N) is 1. The fraction of sp³-hybridized carbons (Fsp3) is 1.00. The van der Waals surface area contributed by atoms with E-state index in [9.17, 15) is 5.11 Å². The minimum atomic E-state index is -0.225. The second-order valence-electron chi connectivity index (χ2n) is 6.74. The topological polar surface area (TPSA) is 46.2 Å². The molecule has 0 aromatic heterocycles. The van der Waals surface area contributed by atoms with Crippen LogP contribution < -0.4 is 5.73 Å². The van der Waals surface area contributed by atoms with Crippen molar-refractivity contribution in [2.75, 3.05) is 6.54 Å². The smallest absolute Gasteiger partial charge is 0.0659 e. The van der Waals surface area contributed by atoms with Gasteiger partial charge in [-0.1, -0.05) is 40.5 Å². The Balaban J connectivity index is 2.58. The molecule has 1 rings (SSSR count). The molecule has 0 saturated heterocycles. The van der Waals surface area contributed by atoms with Gasteiger partial charge in [-0.15, -0.1) is 0 Å². The van der Waals surface area contributed by atoms with E-state index in [0.717, 1.165) is 25.2 Å². The monoisotopic (exact) mass is 227 g/mol. The molecular weight excluding hydrogens is 198 g/mol. The summed E-state index contributed by atoms with van der Waals surface area (Å²) in [5.74, 6) is 0.751. The van der Waals surface area contributed by atoms with Crippen LogP contribution in [0.25, 0.3) is 0 Å². The van der Waals surface area contributed by atoms with Crippen LogP contribution in [0.2, 0.25) is 0 Å². The summed E-state index contributed by atoms with van der Waals surface area (Å²) in [6.07, 6.45) is 5.50. The van der Waals surface area contributed by atoms with Crippen LogP contribution in [-0.4, -0.2) is 17.8 Å². The van der Waals surface area contributed by atoms with Crippen LogP contribution in [0.3, 0.4) is 0 Å². The normalized spacial score (nSPS) is 33.6. The largest absolute Gasteiger partial charge is 0.392 e. The van der Waals surface area contributed by atoms with Crippen LogP contribution in [0.15, 0.2) is 0 Å². The van der Waals surface area contributed by atoms with Crippen molar-refractivity contribution >= 4 is 0 Å². The van der Waals surface area contributed by atoms with E-state index in [1.165, 1.54) is 12.8 Å². The average molecular weight is 227 g/mol. The molecule has 0 bridgehead atoms. The van der Waals surface area contributed by atoms with E-state index in [2.05, 4.69) is 27.7 Å². The standard InChI is InChI=1S/C14H29NO/c1-11(2)6-5-7-14(10-15)9-8-13(3,4)12(14)16/h11-12,16H,5-10,15H2,1-4H3. The number of aliphatic hydroxyl groups is 1. The van der Waals surface area contributed by atoms with Crippen molar-refractivity contribution in [1.29, 1.82) is 0 Å². The van der Waals surface area contributed by atoms with Crippen LogP contribution in [0.4, 0.5) is 0 Å². The molecule has 0 heterocycles. The third kappa shape index (κ3) is 2.78. The lowest BCUT2D eigenvalue weighted by Gasteiger charge is -2.36. The van der Waals surface area contributed by atoms with Gasteiger partial charge in [-0.05, 0) is 30.6 Å². The molecule has 16 heavy (non-hydrogen) atoms. The zero-order valence-corrected chi connectivity index (χ0v) is 11.4. The van der Waals surface area contributed by atoms with E-state index in [-0.39, 0.29) is 16.9 Å². The molecule has 2 nitrogen and oxygen atoms in total. The van der Waals surface area contributed by atoms with Gasteiger partial charge < -0.3 is 10.8 Å². The van der Waals surface area contributed by atoms with Gasteiger partial charge in [0.25, 0.3) is 0 Å². The van der Waals surface area contributed by atoms with Gasteiger partial charge in [-0.25, -0.2) is 0 Å². The molecule has 0 aliphatic heterocycles. The van der Waals surface area contributed by atoms with Crippen LogP contribution in [-0.2, 0) is 0 Å². The Morgan fingerprint density at radius 3 is 2.31 bits per heavy atom. The number of hydrogen-bond acceptors (Lipinski definition) is 2. The van der Waals surface area contributed by atoms with Gasteiger partial charge in [-0.3, -0.25) is 0 Å². The first-order chi connectivity index (χ1) is 7.34. The first-order valence-corrected chi connectivity index (χ1v) is 6.72. The summed E-state index contributed by atoms with van der Waals surface area (Å²) in [6, 6.07) is 0. The Morgan fingerprint density at radius 2 is 1.94 bits per heavy atom. The van der Waals surface area contributed by atoms with Gasteiger partial charge in [-0.2, -0.15) is 0 Å². The predicted octanol–water partition coefficient (Wildman–Crippen LogP) is 2.94. The van der Waals surface area contributed by atoms with E-state index < -0.39 is 0 Å². The molecule has 3 N–H and O–H groups in total. The van der Waals surface area contributed by atoms with E-state index in [0.29, 0.717) is 6.54 Å². The van der Waals surface area contributed by atoms with E-state index in [4.69, 9.17) is 5.73 Å². The third-order valence-corrected chi connectivity index (χ3v) is 4.45. The fourth-order valence-corrected chi connectivity index (χ4v) is 3.11. The summed E-state index contributed by atoms with van der Waals surface area (Å²) in [5, 5.41) is 10.5. The molecule has 1 aliphatic rings. The molecule has 0 aromatic carbocycles. The van der Waals surface area contributed by atoms with Crippen LogP contribution in [0.5, 0.6) is 0 Å². The lowest BCUT2D eigenvalue weighted by molar-refractivity contribution is -0.0106. The molecule has 1 fully saturated rings. The van der Waals surface area contributed by atoms with Gasteiger partial charge in [0.1, 0.15) is 0 Å². The SMILES string of the molecule is CC(C)CCCC1(CN)CCC(C)(C)C1O. The molecule has 96 valence electrons. The van der Waals surface area contributed by atoms with E-state index >= 15 is 0 Å². The number of aliphatic hydroxyl groups excluding tert-OH is 1. The Morgan fingerprint density at radius 1 is 1.31 bits per heavy atom. The highest BCUT2D eigenvalue weighted by molar-refractivity contribution is 5.01. The maximum absolute atomic E-state index is 10.5. The van der Waals surface area contributed by atoms with Crippen molar-refractivity contribution in [3.63, 3.8) is 0 Å². The second kappa shape index (κ2) is 5.05. The molecule has 1 saturated carbocycles. The van der Waals surface area contributed by atoms with Crippen molar-refractivity contribution in [2.24, 2.45) is 22.5 Å². The van der Waals surface area contributed by atoms with Crippen molar-refractivity contribution in [3.05, 3.63) is 0 Å². The summed E-state index contributed by atoms with van der Waals surface area (Å²) >= 11 is 0. The Kier molecular flexibility index (Phi) is 4.42. The zero-order valence-electron chi connectivity index (χ0n) is 11.4. The van der Waals surface area contributed by atoms with E-state index in [1.807, 2.05) is 0 Å². The van der Waals surface area contributed by atoms with Gasteiger partial charge in [0, 0.05) is 12.0 Å². The van der Waals surface area contributed by atoms with Crippen molar-refractivity contribution < 1.29 is 5.11 Å². The van der Waals surface area contributed by atoms with Crippen molar-refractivity contribution in [3.8, 4) is 0 Å². The quantitative estimate of drug-likeness (QED) is 0.758. The molecule has 2 heteroatoms. The minimum absolute atomic E-state index is 0.00160. The van der Waals surface area contributed by atoms with Gasteiger partial charge in [0.15, 0.2) is 0 Å². The van der Waals surface area contributed by atoms with Gasteiger partial charge in [0.2, 0.25) is 0 Å². The first kappa shape index (κ1) is 14.0. The molecule has 2 atom stereocenters. The van der Waals surface area contributed by atoms with Gasteiger partial charge in [0.05, 0.1) is 6.10 Å². The van der Waals surface area contributed by atoms with Crippen molar-refractivity contribution in [2.45, 2.75) is 65.9 Å². The Bertz CT molecular complexity index is 225. The summed E-state index contributed by atoms with van der Waals surface area (Å²) < 4.78 is 0. The van der Waals surface area contributed by atoms with Crippen molar-refractivity contribution in [1.82, 2.24) is 0 Å². The van der Waals surface area contributed by atoms with Crippen LogP contribution in [0, 0.1) is 16.7 Å². The molecule has 1 aliphatic carbocycles. The first-order valence-electron chi connectivity index (χ1n) is 6.72. The summed E-state index contributed by atoms with van der Waals surface area (Å²) in [5.41, 5.74) is 5.99. The number of hydrogen-bond donors (Lipinski definition) is 2. The second-order valence-corrected chi connectivity index (χ2v) is 6.74. The fourth-order valence-electron chi connectivity index (χ4n) is 3.11.